The molecule has 5 nitrogen and oxygen atoms in total. The number of halogens is 1. The summed E-state index contributed by atoms with van der Waals surface area (Å²) in [7, 11) is -4.94. The molecular weight excluding hydrogens is 380 g/mol. The lowest BCUT2D eigenvalue weighted by molar-refractivity contribution is -2.00. The van der Waals surface area contributed by atoms with Crippen LogP contribution in [0.15, 0.2) is 52.9 Å². The zero-order valence-electron chi connectivity index (χ0n) is 15.4. The molecule has 0 spiro atoms. The van der Waals surface area contributed by atoms with Gasteiger partial charge in [-0.2, -0.15) is 0 Å². The van der Waals surface area contributed by atoms with Crippen LogP contribution in [0.25, 0.3) is 22.6 Å². The number of hydrogen-bond acceptors (Lipinski definition) is 4. The van der Waals surface area contributed by atoms with E-state index in [4.69, 9.17) is 23.1 Å². The van der Waals surface area contributed by atoms with Gasteiger partial charge in [0.1, 0.15) is 0 Å². The van der Waals surface area contributed by atoms with Crippen molar-refractivity contribution in [2.75, 3.05) is 0 Å². The Bertz CT molecular complexity index is 960. The average molecular weight is 399 g/mol. The standard InChI is InChI=1S/C22H19O.ClHO4/c1-14-17-12-10-15-6-2-4-8-19(15)21(17)23-22-18(14)13-11-16-7-3-5-9-20(16)22;2-1(3,4)5/h2-9H,10-13H2,1H3;(H,2,3,4,5)/q+1;/p-1. The summed E-state index contributed by atoms with van der Waals surface area (Å²) in [6.07, 6.45) is 4.43. The molecule has 6 heteroatoms. The SMILES string of the molecule is Cc1c2c([o+]c3c1CCc1ccccc1-3)-c1ccccc1CC2.[O-][Cl+3]([O-])([O-])[O-]. The second kappa shape index (κ2) is 7.28. The summed E-state index contributed by atoms with van der Waals surface area (Å²) in [5.41, 5.74) is 9.67. The van der Waals surface area contributed by atoms with E-state index in [0.717, 1.165) is 37.2 Å². The average Bonchev–Trinajstić information content (AvgIpc) is 2.66. The van der Waals surface area contributed by atoms with Gasteiger partial charge in [-0.15, -0.1) is 10.2 Å². The smallest absolute Gasteiger partial charge is 0.222 e. The summed E-state index contributed by atoms with van der Waals surface area (Å²) in [5, 5.41) is 0. The third kappa shape index (κ3) is 3.68. The first-order valence-corrected chi connectivity index (χ1v) is 10.3. The van der Waals surface area contributed by atoms with E-state index < -0.39 is 10.2 Å². The maximum atomic E-state index is 8.49. The topological polar surface area (TPSA) is 104 Å². The van der Waals surface area contributed by atoms with Gasteiger partial charge >= 0.3 is 11.5 Å². The zero-order valence-corrected chi connectivity index (χ0v) is 16.1. The Morgan fingerprint density at radius 3 is 1.50 bits per heavy atom. The number of rotatable bonds is 0. The van der Waals surface area contributed by atoms with E-state index in [9.17, 15) is 0 Å². The van der Waals surface area contributed by atoms with Crippen LogP contribution < -0.4 is 18.6 Å². The minimum absolute atomic E-state index is 1.09. The molecule has 2 aromatic carbocycles. The molecule has 0 amide bonds. The van der Waals surface area contributed by atoms with Crippen molar-refractivity contribution in [3.63, 3.8) is 0 Å². The molecule has 0 atom stereocenters. The summed E-state index contributed by atoms with van der Waals surface area (Å²) in [5.74, 6) is 2.19. The molecule has 1 aromatic heterocycles. The van der Waals surface area contributed by atoms with Crippen LogP contribution in [0.3, 0.4) is 0 Å². The maximum absolute atomic E-state index is 8.49. The lowest BCUT2D eigenvalue weighted by atomic mass is 9.82. The van der Waals surface area contributed by atoms with Gasteiger partial charge in [-0.1, -0.05) is 36.4 Å². The summed E-state index contributed by atoms with van der Waals surface area (Å²) < 4.78 is 40.5. The number of aryl methyl sites for hydroxylation is 2. The van der Waals surface area contributed by atoms with Gasteiger partial charge in [-0.05, 0) is 61.4 Å². The molecule has 2 aliphatic rings. The molecule has 0 fully saturated rings. The Morgan fingerprint density at radius 1 is 0.679 bits per heavy atom. The highest BCUT2D eigenvalue weighted by molar-refractivity contribution is 5.76. The van der Waals surface area contributed by atoms with Crippen LogP contribution in [0.4, 0.5) is 0 Å². The first kappa shape index (κ1) is 19.1. The molecular formula is C22H19ClO5. The molecule has 0 N–H and O–H groups in total. The second-order valence-electron chi connectivity index (χ2n) is 7.03. The van der Waals surface area contributed by atoms with Gasteiger partial charge in [-0.3, -0.25) is 0 Å². The highest BCUT2D eigenvalue weighted by atomic mass is 35.7. The third-order valence-electron chi connectivity index (χ3n) is 5.47. The van der Waals surface area contributed by atoms with Crippen LogP contribution in [0.2, 0.25) is 0 Å². The van der Waals surface area contributed by atoms with Crippen LogP contribution in [0, 0.1) is 17.2 Å². The van der Waals surface area contributed by atoms with Gasteiger partial charge in [0.2, 0.25) is 0 Å². The predicted molar refractivity (Wildman–Crippen MR) is 93.5 cm³/mol. The highest BCUT2D eigenvalue weighted by Crippen LogP contribution is 2.43. The molecule has 2 aliphatic carbocycles. The monoisotopic (exact) mass is 398 g/mol. The van der Waals surface area contributed by atoms with Gasteiger partial charge < -0.3 is 0 Å². The number of hydrogen-bond donors (Lipinski definition) is 0. The Balaban J connectivity index is 0.000000346. The Hall–Kier alpha value is -2.28. The summed E-state index contributed by atoms with van der Waals surface area (Å²) >= 11 is 0. The fourth-order valence-corrected chi connectivity index (χ4v) is 4.22. The Morgan fingerprint density at radius 2 is 1.07 bits per heavy atom. The van der Waals surface area contributed by atoms with Crippen molar-refractivity contribution >= 4 is 0 Å². The lowest BCUT2D eigenvalue weighted by Gasteiger charge is -2.20. The van der Waals surface area contributed by atoms with Crippen LogP contribution in [0.5, 0.6) is 0 Å². The van der Waals surface area contributed by atoms with Crippen molar-refractivity contribution in [3.8, 4) is 22.6 Å². The fraction of sp³-hybridized carbons (Fsp3) is 0.227. The van der Waals surface area contributed by atoms with Gasteiger partial charge in [0.15, 0.2) is 0 Å². The van der Waals surface area contributed by atoms with E-state index in [1.54, 1.807) is 0 Å². The largest absolute Gasteiger partial charge is 0.364 e. The Labute approximate surface area is 165 Å². The highest BCUT2D eigenvalue weighted by Gasteiger charge is 2.35. The molecule has 0 aliphatic heterocycles. The predicted octanol–water partition coefficient (Wildman–Crippen LogP) is 0.644. The molecule has 28 heavy (non-hydrogen) atoms. The van der Waals surface area contributed by atoms with Gasteiger partial charge in [0.25, 0.3) is 0 Å². The molecule has 5 rings (SSSR count). The van der Waals surface area contributed by atoms with E-state index >= 15 is 0 Å². The van der Waals surface area contributed by atoms with Crippen molar-refractivity contribution < 1.29 is 33.3 Å². The summed E-state index contributed by atoms with van der Waals surface area (Å²) in [4.78, 5) is 0. The second-order valence-corrected chi connectivity index (χ2v) is 7.79. The Kier molecular flexibility index (Phi) is 4.95. The zero-order chi connectivity index (χ0) is 19.9. The van der Waals surface area contributed by atoms with Crippen molar-refractivity contribution in [1.29, 1.82) is 0 Å². The van der Waals surface area contributed by atoms with E-state index in [1.807, 2.05) is 0 Å². The molecule has 0 bridgehead atoms. The first-order chi connectivity index (χ1) is 13.3. The van der Waals surface area contributed by atoms with Crippen LogP contribution in [-0.4, -0.2) is 0 Å². The van der Waals surface area contributed by atoms with E-state index in [1.165, 1.54) is 38.9 Å². The summed E-state index contributed by atoms with van der Waals surface area (Å²) in [6, 6.07) is 17.4. The van der Waals surface area contributed by atoms with Crippen molar-refractivity contribution in [2.24, 2.45) is 0 Å². The van der Waals surface area contributed by atoms with E-state index in [-0.39, 0.29) is 0 Å². The minimum atomic E-state index is -4.94. The number of fused-ring (bicyclic) bond motifs is 6. The van der Waals surface area contributed by atoms with Gasteiger partial charge in [0, 0.05) is 0 Å². The molecule has 3 aromatic rings. The van der Waals surface area contributed by atoms with Crippen molar-refractivity contribution in [3.05, 3.63) is 76.3 Å². The summed E-state index contributed by atoms with van der Waals surface area (Å²) in [6.45, 7) is 2.29. The lowest BCUT2D eigenvalue weighted by Crippen LogP contribution is -2.68. The molecule has 0 saturated heterocycles. The minimum Gasteiger partial charge on any atom is -0.222 e. The van der Waals surface area contributed by atoms with Crippen LogP contribution in [0.1, 0.15) is 27.8 Å². The van der Waals surface area contributed by atoms with Crippen molar-refractivity contribution in [1.82, 2.24) is 0 Å². The molecule has 144 valence electrons. The van der Waals surface area contributed by atoms with Crippen molar-refractivity contribution in [2.45, 2.75) is 32.6 Å². The molecule has 0 radical (unpaired) electrons. The molecule has 0 saturated carbocycles. The first-order valence-electron chi connectivity index (χ1n) is 9.09. The van der Waals surface area contributed by atoms with Gasteiger partial charge in [0.05, 0.1) is 22.3 Å². The molecule has 0 unspecified atom stereocenters. The van der Waals surface area contributed by atoms with E-state index in [2.05, 4.69) is 55.5 Å². The molecule has 1 heterocycles. The van der Waals surface area contributed by atoms with E-state index in [0.29, 0.717) is 0 Å². The van der Waals surface area contributed by atoms with Gasteiger partial charge in [-0.25, -0.2) is 23.1 Å². The normalized spacial score (nSPS) is 14.0. The fourth-order valence-electron chi connectivity index (χ4n) is 4.22. The van der Waals surface area contributed by atoms with Crippen LogP contribution in [-0.2, 0) is 25.7 Å². The van der Waals surface area contributed by atoms with Crippen LogP contribution >= 0.6 is 0 Å². The third-order valence-corrected chi connectivity index (χ3v) is 5.47. The maximum Gasteiger partial charge on any atom is 0.364 e. The quantitative estimate of drug-likeness (QED) is 0.517. The number of benzene rings is 2.